The maximum Gasteiger partial charge on any atom is 0.345 e. The number of phenolic OH excluding ortho intramolecular Hbond substituents is 2. The molecule has 0 bridgehead atoms. The van der Waals surface area contributed by atoms with Gasteiger partial charge >= 0.3 is 5.63 Å². The minimum Gasteiger partial charge on any atom is -0.504 e. The van der Waals surface area contributed by atoms with Crippen molar-refractivity contribution in [2.45, 2.75) is 0 Å². The van der Waals surface area contributed by atoms with Gasteiger partial charge in [0.05, 0.1) is 22.6 Å². The summed E-state index contributed by atoms with van der Waals surface area (Å²) in [6.07, 6.45) is 0. The standard InChI is InChI=1S/C16H10O5S/c1-20-14-11-10(6-8(17)13(14)18)22-15-7-4-2-3-5-9(7)21-16(19)12(11)15/h2-6,17-18H,1H3. The van der Waals surface area contributed by atoms with E-state index in [1.165, 1.54) is 24.5 Å². The zero-order chi connectivity index (χ0) is 15.4. The average molecular weight is 314 g/mol. The van der Waals surface area contributed by atoms with E-state index >= 15 is 0 Å². The summed E-state index contributed by atoms with van der Waals surface area (Å²) < 4.78 is 11.9. The van der Waals surface area contributed by atoms with Gasteiger partial charge in [0.15, 0.2) is 11.5 Å². The van der Waals surface area contributed by atoms with Crippen LogP contribution >= 0.6 is 11.3 Å². The molecule has 22 heavy (non-hydrogen) atoms. The SMILES string of the molecule is COc1c(O)c(O)cc2sc3c4ccccc4oc(=O)c3c12. The van der Waals surface area contributed by atoms with Crippen LogP contribution in [0.5, 0.6) is 17.2 Å². The molecule has 4 aromatic rings. The van der Waals surface area contributed by atoms with E-state index in [1.54, 1.807) is 12.1 Å². The van der Waals surface area contributed by atoms with Gasteiger partial charge in [0, 0.05) is 16.2 Å². The molecule has 2 heterocycles. The number of benzene rings is 2. The van der Waals surface area contributed by atoms with E-state index in [0.717, 1.165) is 10.1 Å². The molecule has 0 unspecified atom stereocenters. The summed E-state index contributed by atoms with van der Waals surface area (Å²) in [5, 5.41) is 21.4. The molecule has 0 atom stereocenters. The summed E-state index contributed by atoms with van der Waals surface area (Å²) in [6.45, 7) is 0. The van der Waals surface area contributed by atoms with Crippen molar-refractivity contribution in [1.82, 2.24) is 0 Å². The van der Waals surface area contributed by atoms with Crippen molar-refractivity contribution in [3.63, 3.8) is 0 Å². The smallest absolute Gasteiger partial charge is 0.345 e. The van der Waals surface area contributed by atoms with Crippen LogP contribution in [0.15, 0.2) is 39.5 Å². The minimum atomic E-state index is -0.497. The van der Waals surface area contributed by atoms with Crippen LogP contribution < -0.4 is 10.4 Å². The van der Waals surface area contributed by atoms with E-state index in [1.807, 2.05) is 12.1 Å². The monoisotopic (exact) mass is 314 g/mol. The van der Waals surface area contributed by atoms with Crippen molar-refractivity contribution >= 4 is 42.5 Å². The van der Waals surface area contributed by atoms with E-state index in [2.05, 4.69) is 0 Å². The second kappa shape index (κ2) is 4.38. The number of para-hydroxylation sites is 1. The first kappa shape index (κ1) is 13.0. The van der Waals surface area contributed by atoms with Gasteiger partial charge in [0.2, 0.25) is 5.75 Å². The van der Waals surface area contributed by atoms with Gasteiger partial charge < -0.3 is 19.4 Å². The van der Waals surface area contributed by atoms with Crippen molar-refractivity contribution in [1.29, 1.82) is 0 Å². The predicted octanol–water partition coefficient (Wildman–Crippen LogP) is 3.58. The summed E-state index contributed by atoms with van der Waals surface area (Å²) in [5.41, 5.74) is 0.00214. The molecule has 0 radical (unpaired) electrons. The Balaban J connectivity index is 2.37. The lowest BCUT2D eigenvalue weighted by atomic mass is 10.1. The molecule has 2 N–H and O–H groups in total. The maximum atomic E-state index is 12.4. The van der Waals surface area contributed by atoms with Gasteiger partial charge in [-0.25, -0.2) is 4.79 Å². The zero-order valence-corrected chi connectivity index (χ0v) is 12.2. The van der Waals surface area contributed by atoms with Gasteiger partial charge in [-0.1, -0.05) is 12.1 Å². The second-order valence-electron chi connectivity index (χ2n) is 4.84. The molecular formula is C16H10O5S. The summed E-state index contributed by atoms with van der Waals surface area (Å²) in [5.74, 6) is -0.601. The number of aromatic hydroxyl groups is 2. The Morgan fingerprint density at radius 1 is 1.18 bits per heavy atom. The van der Waals surface area contributed by atoms with Crippen LogP contribution in [0, 0.1) is 0 Å². The Hall–Kier alpha value is -2.73. The fraction of sp³-hybridized carbons (Fsp3) is 0.0625. The van der Waals surface area contributed by atoms with E-state index in [0.29, 0.717) is 21.1 Å². The molecule has 6 heteroatoms. The first-order chi connectivity index (χ1) is 10.6. The molecule has 0 aliphatic rings. The van der Waals surface area contributed by atoms with Crippen molar-refractivity contribution in [3.05, 3.63) is 40.8 Å². The maximum absolute atomic E-state index is 12.4. The number of fused-ring (bicyclic) bond motifs is 5. The summed E-state index contributed by atoms with van der Waals surface area (Å²) in [7, 11) is 1.38. The van der Waals surface area contributed by atoms with Crippen LogP contribution in [0.2, 0.25) is 0 Å². The van der Waals surface area contributed by atoms with Gasteiger partial charge in [0.1, 0.15) is 5.58 Å². The van der Waals surface area contributed by atoms with Gasteiger partial charge in [-0.15, -0.1) is 11.3 Å². The fourth-order valence-electron chi connectivity index (χ4n) is 2.68. The van der Waals surface area contributed by atoms with E-state index in [4.69, 9.17) is 9.15 Å². The summed E-state index contributed by atoms with van der Waals surface area (Å²) >= 11 is 1.35. The number of hydrogen-bond acceptors (Lipinski definition) is 6. The highest BCUT2D eigenvalue weighted by molar-refractivity contribution is 7.26. The molecule has 0 amide bonds. The number of hydrogen-bond donors (Lipinski definition) is 2. The highest BCUT2D eigenvalue weighted by atomic mass is 32.1. The lowest BCUT2D eigenvalue weighted by Gasteiger charge is -2.06. The Morgan fingerprint density at radius 3 is 2.73 bits per heavy atom. The molecule has 4 rings (SSSR count). The number of rotatable bonds is 1. The molecule has 110 valence electrons. The Kier molecular flexibility index (Phi) is 2.58. The Labute approximate surface area is 127 Å². The molecule has 0 saturated heterocycles. The fourth-order valence-corrected chi connectivity index (χ4v) is 3.93. The normalized spacial score (nSPS) is 11.5. The lowest BCUT2D eigenvalue weighted by molar-refractivity contribution is 0.355. The van der Waals surface area contributed by atoms with Crippen LogP contribution in [-0.2, 0) is 0 Å². The summed E-state index contributed by atoms with van der Waals surface area (Å²) in [6, 6.07) is 8.67. The van der Waals surface area contributed by atoms with Gasteiger partial charge in [-0.05, 0) is 12.1 Å². The summed E-state index contributed by atoms with van der Waals surface area (Å²) in [4.78, 5) is 12.4. The third-order valence-corrected chi connectivity index (χ3v) is 4.80. The average Bonchev–Trinajstić information content (AvgIpc) is 2.88. The van der Waals surface area contributed by atoms with Gasteiger partial charge in [-0.3, -0.25) is 0 Å². The predicted molar refractivity (Wildman–Crippen MR) is 85.3 cm³/mol. The highest BCUT2D eigenvalue weighted by Crippen LogP contribution is 2.48. The quantitative estimate of drug-likeness (QED) is 0.414. The molecule has 0 saturated carbocycles. The first-order valence-corrected chi connectivity index (χ1v) is 7.30. The molecule has 2 aromatic carbocycles. The van der Waals surface area contributed by atoms with Crippen LogP contribution in [-0.4, -0.2) is 17.3 Å². The molecule has 0 fully saturated rings. The first-order valence-electron chi connectivity index (χ1n) is 6.48. The third kappa shape index (κ3) is 1.55. The number of phenols is 2. The Bertz CT molecular complexity index is 1110. The topological polar surface area (TPSA) is 79.9 Å². The van der Waals surface area contributed by atoms with Crippen LogP contribution in [0.4, 0.5) is 0 Å². The lowest BCUT2D eigenvalue weighted by Crippen LogP contribution is -1.98. The molecule has 0 aliphatic carbocycles. The molecule has 2 aromatic heterocycles. The van der Waals surface area contributed by atoms with Gasteiger partial charge in [0.25, 0.3) is 0 Å². The van der Waals surface area contributed by atoms with Crippen LogP contribution in [0.3, 0.4) is 0 Å². The van der Waals surface area contributed by atoms with Crippen molar-refractivity contribution < 1.29 is 19.4 Å². The largest absolute Gasteiger partial charge is 0.504 e. The van der Waals surface area contributed by atoms with E-state index in [-0.39, 0.29) is 17.2 Å². The molecular weight excluding hydrogens is 304 g/mol. The molecule has 5 nitrogen and oxygen atoms in total. The number of thiophene rings is 1. The van der Waals surface area contributed by atoms with Crippen molar-refractivity contribution in [2.24, 2.45) is 0 Å². The van der Waals surface area contributed by atoms with Gasteiger partial charge in [-0.2, -0.15) is 0 Å². The van der Waals surface area contributed by atoms with Crippen LogP contribution in [0.25, 0.3) is 31.1 Å². The minimum absolute atomic E-state index is 0.0730. The Morgan fingerprint density at radius 2 is 1.95 bits per heavy atom. The number of ether oxygens (including phenoxy) is 1. The van der Waals surface area contributed by atoms with Crippen molar-refractivity contribution in [3.8, 4) is 17.2 Å². The molecule has 0 spiro atoms. The third-order valence-electron chi connectivity index (χ3n) is 3.63. The van der Waals surface area contributed by atoms with E-state index < -0.39 is 5.63 Å². The van der Waals surface area contributed by atoms with Crippen LogP contribution in [0.1, 0.15) is 0 Å². The molecule has 0 aliphatic heterocycles. The van der Waals surface area contributed by atoms with Crippen molar-refractivity contribution in [2.75, 3.05) is 7.11 Å². The second-order valence-corrected chi connectivity index (χ2v) is 5.89. The van der Waals surface area contributed by atoms with E-state index in [9.17, 15) is 15.0 Å². The number of methoxy groups -OCH3 is 1. The highest BCUT2D eigenvalue weighted by Gasteiger charge is 2.21. The zero-order valence-electron chi connectivity index (χ0n) is 11.4.